The number of halogens is 1. The minimum Gasteiger partial charge on any atom is -0.497 e. The van der Waals surface area contributed by atoms with Gasteiger partial charge in [-0.3, -0.25) is 0 Å². The monoisotopic (exact) mass is 277 g/mol. The molecule has 0 N–H and O–H groups in total. The van der Waals surface area contributed by atoms with E-state index in [9.17, 15) is 4.79 Å². The quantitative estimate of drug-likeness (QED) is 0.491. The van der Waals surface area contributed by atoms with E-state index in [4.69, 9.17) is 16.3 Å². The van der Waals surface area contributed by atoms with Crippen LogP contribution in [-0.4, -0.2) is 25.2 Å². The van der Waals surface area contributed by atoms with E-state index in [2.05, 4.69) is 9.72 Å². The molecule has 5 heteroatoms. The fourth-order valence-corrected chi connectivity index (χ4v) is 1.83. The first kappa shape index (κ1) is 13.4. The molecule has 98 valence electrons. The van der Waals surface area contributed by atoms with Gasteiger partial charge in [-0.2, -0.15) is 0 Å². The molecule has 0 aliphatic carbocycles. The molecular formula is C14H12ClNO3. The van der Waals surface area contributed by atoms with Gasteiger partial charge in [-0.1, -0.05) is 11.6 Å². The Balaban J connectivity index is 2.47. The Morgan fingerprint density at radius 3 is 2.79 bits per heavy atom. The van der Waals surface area contributed by atoms with Crippen LogP contribution in [0.2, 0.25) is 5.15 Å². The molecule has 1 aromatic heterocycles. The maximum absolute atomic E-state index is 11.1. The van der Waals surface area contributed by atoms with Gasteiger partial charge in [0.15, 0.2) is 0 Å². The third-order valence-corrected chi connectivity index (χ3v) is 2.91. The minimum absolute atomic E-state index is 0.331. The molecule has 0 fully saturated rings. The van der Waals surface area contributed by atoms with Crippen LogP contribution in [0.15, 0.2) is 30.3 Å². The highest BCUT2D eigenvalue weighted by Gasteiger charge is 2.04. The summed E-state index contributed by atoms with van der Waals surface area (Å²) in [5, 5.41) is 1.21. The van der Waals surface area contributed by atoms with E-state index < -0.39 is 5.97 Å². The normalized spacial score (nSPS) is 10.9. The van der Waals surface area contributed by atoms with Gasteiger partial charge in [-0.15, -0.1) is 0 Å². The number of fused-ring (bicyclic) bond motifs is 1. The van der Waals surface area contributed by atoms with Crippen LogP contribution in [0, 0.1) is 0 Å². The van der Waals surface area contributed by atoms with Gasteiger partial charge in [0.1, 0.15) is 10.9 Å². The van der Waals surface area contributed by atoms with Crippen molar-refractivity contribution in [3.63, 3.8) is 0 Å². The van der Waals surface area contributed by atoms with E-state index in [1.807, 2.05) is 24.3 Å². The molecule has 0 unspecified atom stereocenters. The van der Waals surface area contributed by atoms with Crippen LogP contribution in [0.3, 0.4) is 0 Å². The molecule has 0 bridgehead atoms. The zero-order chi connectivity index (χ0) is 13.8. The predicted molar refractivity (Wildman–Crippen MR) is 74.4 cm³/mol. The van der Waals surface area contributed by atoms with Crippen molar-refractivity contribution in [2.75, 3.05) is 14.2 Å². The van der Waals surface area contributed by atoms with Gasteiger partial charge in [-0.25, -0.2) is 9.78 Å². The molecule has 19 heavy (non-hydrogen) atoms. The molecule has 0 saturated carbocycles. The summed E-state index contributed by atoms with van der Waals surface area (Å²) in [5.74, 6) is 0.293. The SMILES string of the molecule is COC(=O)C=Cc1cc2cc(OC)ccc2nc1Cl. The van der Waals surface area contributed by atoms with Gasteiger partial charge < -0.3 is 9.47 Å². The Morgan fingerprint density at radius 1 is 1.32 bits per heavy atom. The maximum Gasteiger partial charge on any atom is 0.330 e. The van der Waals surface area contributed by atoms with Crippen LogP contribution in [0.5, 0.6) is 5.75 Å². The Bertz CT molecular complexity index is 652. The lowest BCUT2D eigenvalue weighted by molar-refractivity contribution is -0.134. The summed E-state index contributed by atoms with van der Waals surface area (Å²) in [6.07, 6.45) is 2.87. The lowest BCUT2D eigenvalue weighted by atomic mass is 10.1. The largest absolute Gasteiger partial charge is 0.497 e. The second-order valence-electron chi connectivity index (χ2n) is 3.78. The molecule has 0 atom stereocenters. The second-order valence-corrected chi connectivity index (χ2v) is 4.14. The summed E-state index contributed by atoms with van der Waals surface area (Å²) in [7, 11) is 2.92. The van der Waals surface area contributed by atoms with E-state index in [1.54, 1.807) is 13.2 Å². The molecule has 4 nitrogen and oxygen atoms in total. The molecule has 2 aromatic rings. The zero-order valence-corrected chi connectivity index (χ0v) is 11.3. The van der Waals surface area contributed by atoms with Crippen molar-refractivity contribution in [1.82, 2.24) is 4.98 Å². The van der Waals surface area contributed by atoms with Crippen molar-refractivity contribution in [1.29, 1.82) is 0 Å². The van der Waals surface area contributed by atoms with Crippen molar-refractivity contribution in [2.24, 2.45) is 0 Å². The fraction of sp³-hybridized carbons (Fsp3) is 0.143. The standard InChI is InChI=1S/C14H12ClNO3/c1-18-11-4-5-12-10(8-11)7-9(14(15)16-12)3-6-13(17)19-2/h3-8H,1-2H3. The lowest BCUT2D eigenvalue weighted by Crippen LogP contribution is -1.94. The first-order valence-electron chi connectivity index (χ1n) is 5.54. The molecule has 0 amide bonds. The molecule has 0 saturated heterocycles. The van der Waals surface area contributed by atoms with Crippen LogP contribution in [0.25, 0.3) is 17.0 Å². The van der Waals surface area contributed by atoms with E-state index in [0.717, 1.165) is 16.7 Å². The predicted octanol–water partition coefficient (Wildman–Crippen LogP) is 3.08. The van der Waals surface area contributed by atoms with E-state index in [0.29, 0.717) is 10.7 Å². The minimum atomic E-state index is -0.443. The molecule has 0 aliphatic rings. The summed E-state index contributed by atoms with van der Waals surface area (Å²) >= 11 is 6.06. The van der Waals surface area contributed by atoms with Crippen molar-refractivity contribution in [3.05, 3.63) is 41.1 Å². The number of rotatable bonds is 3. The first-order chi connectivity index (χ1) is 9.13. The van der Waals surface area contributed by atoms with E-state index in [1.165, 1.54) is 13.2 Å². The van der Waals surface area contributed by atoms with Crippen molar-refractivity contribution < 1.29 is 14.3 Å². The van der Waals surface area contributed by atoms with Crippen LogP contribution in [0.1, 0.15) is 5.56 Å². The molecule has 1 heterocycles. The molecule has 0 radical (unpaired) electrons. The average Bonchev–Trinajstić information content (AvgIpc) is 2.44. The summed E-state index contributed by atoms with van der Waals surface area (Å²) in [4.78, 5) is 15.3. The maximum atomic E-state index is 11.1. The Kier molecular flexibility index (Phi) is 4.02. The molecule has 0 spiro atoms. The molecular weight excluding hydrogens is 266 g/mol. The fourth-order valence-electron chi connectivity index (χ4n) is 1.62. The average molecular weight is 278 g/mol. The molecule has 2 rings (SSSR count). The number of methoxy groups -OCH3 is 2. The van der Waals surface area contributed by atoms with E-state index in [-0.39, 0.29) is 0 Å². The highest BCUT2D eigenvalue weighted by atomic mass is 35.5. The number of esters is 1. The third kappa shape index (κ3) is 3.03. The number of carbonyl (C=O) groups is 1. The van der Waals surface area contributed by atoms with Crippen molar-refractivity contribution in [2.45, 2.75) is 0 Å². The van der Waals surface area contributed by atoms with Crippen LogP contribution < -0.4 is 4.74 Å². The van der Waals surface area contributed by atoms with Crippen molar-refractivity contribution >= 4 is 34.5 Å². The van der Waals surface area contributed by atoms with Gasteiger partial charge in [0.05, 0.1) is 19.7 Å². The van der Waals surface area contributed by atoms with E-state index >= 15 is 0 Å². The van der Waals surface area contributed by atoms with Crippen LogP contribution in [-0.2, 0) is 9.53 Å². The van der Waals surface area contributed by atoms with Crippen molar-refractivity contribution in [3.8, 4) is 5.75 Å². The number of benzene rings is 1. The number of nitrogens with zero attached hydrogens (tertiary/aromatic N) is 1. The van der Waals surface area contributed by atoms with Gasteiger partial charge in [0.25, 0.3) is 0 Å². The number of carbonyl (C=O) groups excluding carboxylic acids is 1. The smallest absolute Gasteiger partial charge is 0.330 e. The number of aromatic nitrogens is 1. The molecule has 1 aromatic carbocycles. The number of pyridine rings is 1. The highest BCUT2D eigenvalue weighted by molar-refractivity contribution is 6.31. The first-order valence-corrected chi connectivity index (χ1v) is 5.92. The number of hydrogen-bond donors (Lipinski definition) is 0. The van der Waals surface area contributed by atoms with Gasteiger partial charge >= 0.3 is 5.97 Å². The zero-order valence-electron chi connectivity index (χ0n) is 10.5. The summed E-state index contributed by atoms with van der Waals surface area (Å²) in [6, 6.07) is 7.34. The van der Waals surface area contributed by atoms with Crippen LogP contribution >= 0.6 is 11.6 Å². The topological polar surface area (TPSA) is 48.4 Å². The molecule has 0 aliphatic heterocycles. The lowest BCUT2D eigenvalue weighted by Gasteiger charge is -2.04. The Hall–Kier alpha value is -2.07. The summed E-state index contributed by atoms with van der Waals surface area (Å²) < 4.78 is 9.68. The van der Waals surface area contributed by atoms with Gasteiger partial charge in [0.2, 0.25) is 0 Å². The third-order valence-electron chi connectivity index (χ3n) is 2.60. The second kappa shape index (κ2) is 5.71. The van der Waals surface area contributed by atoms with Gasteiger partial charge in [0, 0.05) is 17.0 Å². The Labute approximate surface area is 115 Å². The Morgan fingerprint density at radius 2 is 2.11 bits per heavy atom. The summed E-state index contributed by atoms with van der Waals surface area (Å²) in [6.45, 7) is 0. The highest BCUT2D eigenvalue weighted by Crippen LogP contribution is 2.25. The number of ether oxygens (including phenoxy) is 2. The van der Waals surface area contributed by atoms with Crippen LogP contribution in [0.4, 0.5) is 0 Å². The summed E-state index contributed by atoms with van der Waals surface area (Å²) in [5.41, 5.74) is 1.41. The van der Waals surface area contributed by atoms with Gasteiger partial charge in [-0.05, 0) is 30.3 Å². The number of hydrogen-bond acceptors (Lipinski definition) is 4.